The second kappa shape index (κ2) is 6.20. The van der Waals surface area contributed by atoms with E-state index in [1.807, 2.05) is 29.4 Å². The van der Waals surface area contributed by atoms with Gasteiger partial charge in [0.15, 0.2) is 0 Å². The molecule has 1 saturated heterocycles. The summed E-state index contributed by atoms with van der Waals surface area (Å²) in [7, 11) is 1.96. The fourth-order valence-corrected chi connectivity index (χ4v) is 3.31. The molecule has 126 valence electrons. The van der Waals surface area contributed by atoms with Crippen LogP contribution in [0.1, 0.15) is 17.7 Å². The third-order valence-electron chi connectivity index (χ3n) is 4.44. The lowest BCUT2D eigenvalue weighted by Crippen LogP contribution is -2.31. The van der Waals surface area contributed by atoms with Crippen LogP contribution < -0.4 is 4.90 Å². The van der Waals surface area contributed by atoms with Crippen LogP contribution in [0.2, 0.25) is 0 Å². The smallest absolute Gasteiger partial charge is 0.254 e. The van der Waals surface area contributed by atoms with Gasteiger partial charge in [-0.3, -0.25) is 9.58 Å². The van der Waals surface area contributed by atoms with Gasteiger partial charge in [-0.15, -0.1) is 0 Å². The van der Waals surface area contributed by atoms with Crippen molar-refractivity contribution < 1.29 is 0 Å². The van der Waals surface area contributed by atoms with Gasteiger partial charge in [0.05, 0.1) is 6.20 Å². The predicted octanol–water partition coefficient (Wildman–Crippen LogP) is 0.879. The quantitative estimate of drug-likeness (QED) is 0.712. The SMILES string of the molecule is Cc1cc(N2CCCN(Cc3cnn(C)c3)CC2)n2ncnc2n1. The monoisotopic (exact) mass is 326 g/mol. The molecule has 0 aromatic carbocycles. The molecule has 1 aliphatic heterocycles. The average Bonchev–Trinajstić information content (AvgIpc) is 3.11. The number of nitrogens with zero attached hydrogens (tertiary/aromatic N) is 8. The van der Waals surface area contributed by atoms with Gasteiger partial charge in [-0.2, -0.15) is 19.7 Å². The molecule has 3 aromatic heterocycles. The topological polar surface area (TPSA) is 67.4 Å². The van der Waals surface area contributed by atoms with E-state index in [4.69, 9.17) is 0 Å². The van der Waals surface area contributed by atoms with E-state index in [2.05, 4.69) is 42.2 Å². The van der Waals surface area contributed by atoms with Crippen LogP contribution in [0.3, 0.4) is 0 Å². The van der Waals surface area contributed by atoms with Gasteiger partial charge in [0.2, 0.25) is 0 Å². The van der Waals surface area contributed by atoms with Crippen LogP contribution in [0.25, 0.3) is 5.78 Å². The van der Waals surface area contributed by atoms with Crippen molar-refractivity contribution in [3.05, 3.63) is 36.0 Å². The summed E-state index contributed by atoms with van der Waals surface area (Å²) >= 11 is 0. The zero-order valence-corrected chi connectivity index (χ0v) is 14.1. The first-order valence-corrected chi connectivity index (χ1v) is 8.31. The second-order valence-corrected chi connectivity index (χ2v) is 6.37. The Balaban J connectivity index is 1.50. The van der Waals surface area contributed by atoms with E-state index in [-0.39, 0.29) is 0 Å². The lowest BCUT2D eigenvalue weighted by molar-refractivity contribution is 0.285. The highest BCUT2D eigenvalue weighted by atomic mass is 15.4. The maximum Gasteiger partial charge on any atom is 0.254 e. The molecule has 24 heavy (non-hydrogen) atoms. The molecule has 8 nitrogen and oxygen atoms in total. The summed E-state index contributed by atoms with van der Waals surface area (Å²) in [6.07, 6.45) is 6.73. The Bertz CT molecular complexity index is 836. The van der Waals surface area contributed by atoms with Crippen LogP contribution in [0.5, 0.6) is 0 Å². The first-order valence-electron chi connectivity index (χ1n) is 8.31. The van der Waals surface area contributed by atoms with E-state index in [0.717, 1.165) is 50.7 Å². The Morgan fingerprint density at radius 2 is 2.04 bits per heavy atom. The zero-order chi connectivity index (χ0) is 16.5. The minimum atomic E-state index is 0.668. The molecule has 0 N–H and O–H groups in total. The van der Waals surface area contributed by atoms with Gasteiger partial charge in [0, 0.05) is 63.3 Å². The van der Waals surface area contributed by atoms with Crippen molar-refractivity contribution in [2.24, 2.45) is 7.05 Å². The first kappa shape index (κ1) is 15.1. The maximum absolute atomic E-state index is 4.43. The zero-order valence-electron chi connectivity index (χ0n) is 14.1. The number of anilines is 1. The summed E-state index contributed by atoms with van der Waals surface area (Å²) in [5, 5.41) is 8.59. The fraction of sp³-hybridized carbons (Fsp3) is 0.500. The van der Waals surface area contributed by atoms with Gasteiger partial charge in [0.1, 0.15) is 12.1 Å². The van der Waals surface area contributed by atoms with Crippen molar-refractivity contribution in [1.29, 1.82) is 0 Å². The van der Waals surface area contributed by atoms with Crippen LogP contribution in [-0.4, -0.2) is 60.4 Å². The fourth-order valence-electron chi connectivity index (χ4n) is 3.31. The minimum Gasteiger partial charge on any atom is -0.355 e. The van der Waals surface area contributed by atoms with Gasteiger partial charge in [-0.25, -0.2) is 4.98 Å². The van der Waals surface area contributed by atoms with E-state index in [0.29, 0.717) is 5.78 Å². The molecule has 8 heteroatoms. The van der Waals surface area contributed by atoms with E-state index in [9.17, 15) is 0 Å². The summed E-state index contributed by atoms with van der Waals surface area (Å²) in [6.45, 7) is 7.06. The van der Waals surface area contributed by atoms with Crippen LogP contribution >= 0.6 is 0 Å². The molecule has 0 unspecified atom stereocenters. The van der Waals surface area contributed by atoms with E-state index in [1.54, 1.807) is 6.33 Å². The normalized spacial score (nSPS) is 16.7. The van der Waals surface area contributed by atoms with E-state index >= 15 is 0 Å². The lowest BCUT2D eigenvalue weighted by atomic mass is 10.3. The lowest BCUT2D eigenvalue weighted by Gasteiger charge is -2.23. The summed E-state index contributed by atoms with van der Waals surface area (Å²) in [6, 6.07) is 2.10. The Morgan fingerprint density at radius 3 is 2.88 bits per heavy atom. The Labute approximate surface area is 140 Å². The Morgan fingerprint density at radius 1 is 1.12 bits per heavy atom. The molecule has 1 aliphatic rings. The average molecular weight is 326 g/mol. The highest BCUT2D eigenvalue weighted by Crippen LogP contribution is 2.18. The van der Waals surface area contributed by atoms with Crippen LogP contribution in [0.4, 0.5) is 5.82 Å². The molecule has 0 saturated carbocycles. The van der Waals surface area contributed by atoms with Crippen molar-refractivity contribution in [3.63, 3.8) is 0 Å². The molecule has 1 fully saturated rings. The second-order valence-electron chi connectivity index (χ2n) is 6.37. The van der Waals surface area contributed by atoms with Gasteiger partial charge in [-0.1, -0.05) is 0 Å². The van der Waals surface area contributed by atoms with Gasteiger partial charge < -0.3 is 4.90 Å². The van der Waals surface area contributed by atoms with Gasteiger partial charge in [0.25, 0.3) is 5.78 Å². The Hall–Kier alpha value is -2.48. The molecule has 0 bridgehead atoms. The number of rotatable bonds is 3. The van der Waals surface area contributed by atoms with Gasteiger partial charge >= 0.3 is 0 Å². The molecule has 0 spiro atoms. The number of hydrogen-bond acceptors (Lipinski definition) is 6. The van der Waals surface area contributed by atoms with Crippen molar-refractivity contribution in [3.8, 4) is 0 Å². The molecule has 0 amide bonds. The highest BCUT2D eigenvalue weighted by molar-refractivity contribution is 5.47. The molecule has 0 aliphatic carbocycles. The highest BCUT2D eigenvalue weighted by Gasteiger charge is 2.19. The standard InChI is InChI=1S/C16H22N8/c1-13-8-15(24-16(20-13)17-12-19-24)23-5-3-4-22(6-7-23)11-14-9-18-21(2)10-14/h8-10,12H,3-7,11H2,1-2H3. The molecule has 0 atom stereocenters. The summed E-state index contributed by atoms with van der Waals surface area (Å²) in [5.74, 6) is 1.75. The number of aryl methyl sites for hydroxylation is 2. The largest absolute Gasteiger partial charge is 0.355 e. The first-order chi connectivity index (χ1) is 11.7. The number of fused-ring (bicyclic) bond motifs is 1. The van der Waals surface area contributed by atoms with Crippen molar-refractivity contribution >= 4 is 11.6 Å². The molecular weight excluding hydrogens is 304 g/mol. The summed E-state index contributed by atoms with van der Waals surface area (Å²) < 4.78 is 3.70. The minimum absolute atomic E-state index is 0.668. The number of hydrogen-bond donors (Lipinski definition) is 0. The number of aromatic nitrogens is 6. The van der Waals surface area contributed by atoms with Crippen molar-refractivity contribution in [2.75, 3.05) is 31.1 Å². The molecule has 4 rings (SSSR count). The summed E-state index contributed by atoms with van der Waals surface area (Å²) in [5.41, 5.74) is 2.24. The van der Waals surface area contributed by atoms with Crippen molar-refractivity contribution in [2.45, 2.75) is 19.9 Å². The third kappa shape index (κ3) is 2.96. The third-order valence-corrected chi connectivity index (χ3v) is 4.44. The predicted molar refractivity (Wildman–Crippen MR) is 90.8 cm³/mol. The van der Waals surface area contributed by atoms with Crippen molar-refractivity contribution in [1.82, 2.24) is 34.3 Å². The van der Waals surface area contributed by atoms with Gasteiger partial charge in [-0.05, 0) is 13.3 Å². The van der Waals surface area contributed by atoms with Crippen LogP contribution in [0, 0.1) is 6.92 Å². The van der Waals surface area contributed by atoms with E-state index < -0.39 is 0 Å². The van der Waals surface area contributed by atoms with Crippen LogP contribution in [-0.2, 0) is 13.6 Å². The molecule has 0 radical (unpaired) electrons. The maximum atomic E-state index is 4.43. The molecular formula is C16H22N8. The van der Waals surface area contributed by atoms with E-state index in [1.165, 1.54) is 5.56 Å². The van der Waals surface area contributed by atoms with Crippen LogP contribution in [0.15, 0.2) is 24.8 Å². The molecule has 3 aromatic rings. The Kier molecular flexibility index (Phi) is 3.89. The molecule has 4 heterocycles. The summed E-state index contributed by atoms with van der Waals surface area (Å²) in [4.78, 5) is 13.5.